The summed E-state index contributed by atoms with van der Waals surface area (Å²) in [4.78, 5) is 0. The van der Waals surface area contributed by atoms with Crippen molar-refractivity contribution in [1.82, 2.24) is 0 Å². The van der Waals surface area contributed by atoms with Gasteiger partial charge in [-0.05, 0) is 48.2 Å². The summed E-state index contributed by atoms with van der Waals surface area (Å²) in [6.45, 7) is 0. The second-order valence-electron chi connectivity index (χ2n) is 4.12. The molecule has 0 fully saturated rings. The highest BCUT2D eigenvalue weighted by molar-refractivity contribution is 5.33. The fraction of sp³-hybridized carbons (Fsp3) is 0.125. The van der Waals surface area contributed by atoms with Crippen LogP contribution in [0, 0.1) is 22.7 Å². The predicted octanol–water partition coefficient (Wildman–Crippen LogP) is 3.22. The van der Waals surface area contributed by atoms with Crippen molar-refractivity contribution >= 4 is 0 Å². The van der Waals surface area contributed by atoms with Crippen molar-refractivity contribution in [3.63, 3.8) is 0 Å². The van der Waals surface area contributed by atoms with E-state index in [1.54, 1.807) is 0 Å². The van der Waals surface area contributed by atoms with E-state index in [1.807, 2.05) is 48.5 Å². The molecule has 0 radical (unpaired) electrons. The van der Waals surface area contributed by atoms with Crippen LogP contribution in [0.1, 0.15) is 22.3 Å². The smallest absolute Gasteiger partial charge is 0.0991 e. The van der Waals surface area contributed by atoms with E-state index in [1.165, 1.54) is 11.1 Å². The maximum absolute atomic E-state index is 8.71. The first-order valence-corrected chi connectivity index (χ1v) is 5.80. The molecule has 2 aromatic rings. The summed E-state index contributed by atoms with van der Waals surface area (Å²) < 4.78 is 0. The molecule has 2 nitrogen and oxygen atoms in total. The Morgan fingerprint density at radius 3 is 1.22 bits per heavy atom. The van der Waals surface area contributed by atoms with E-state index in [0.717, 1.165) is 12.8 Å². The van der Waals surface area contributed by atoms with Crippen molar-refractivity contribution in [2.45, 2.75) is 12.8 Å². The highest BCUT2D eigenvalue weighted by atomic mass is 14.2. The molecular formula is C16H12N2. The van der Waals surface area contributed by atoms with Gasteiger partial charge in [0, 0.05) is 0 Å². The van der Waals surface area contributed by atoms with Crippen molar-refractivity contribution < 1.29 is 0 Å². The zero-order valence-corrected chi connectivity index (χ0v) is 9.93. The van der Waals surface area contributed by atoms with Gasteiger partial charge in [0.05, 0.1) is 23.3 Å². The molecular weight excluding hydrogens is 220 g/mol. The van der Waals surface area contributed by atoms with Crippen LogP contribution >= 0.6 is 0 Å². The van der Waals surface area contributed by atoms with E-state index in [2.05, 4.69) is 12.1 Å². The Morgan fingerprint density at radius 2 is 0.944 bits per heavy atom. The molecule has 0 aliphatic carbocycles. The van der Waals surface area contributed by atoms with Gasteiger partial charge in [-0.2, -0.15) is 10.5 Å². The number of aryl methyl sites for hydroxylation is 2. The lowest BCUT2D eigenvalue weighted by atomic mass is 10.0. The lowest BCUT2D eigenvalue weighted by Crippen LogP contribution is -1.91. The normalized spacial score (nSPS) is 9.44. The van der Waals surface area contributed by atoms with Crippen molar-refractivity contribution in [3.8, 4) is 12.1 Å². The number of hydrogen-bond acceptors (Lipinski definition) is 2. The van der Waals surface area contributed by atoms with E-state index >= 15 is 0 Å². The number of rotatable bonds is 3. The second kappa shape index (κ2) is 5.66. The summed E-state index contributed by atoms with van der Waals surface area (Å²) in [5, 5.41) is 17.4. The van der Waals surface area contributed by atoms with Gasteiger partial charge in [-0.1, -0.05) is 24.3 Å². The van der Waals surface area contributed by atoms with Gasteiger partial charge in [-0.3, -0.25) is 0 Å². The van der Waals surface area contributed by atoms with Crippen LogP contribution in [-0.2, 0) is 12.8 Å². The molecule has 0 unspecified atom stereocenters. The van der Waals surface area contributed by atoms with Gasteiger partial charge < -0.3 is 0 Å². The molecule has 0 atom stereocenters. The fourth-order valence-electron chi connectivity index (χ4n) is 1.78. The van der Waals surface area contributed by atoms with Crippen LogP contribution in [0.15, 0.2) is 48.5 Å². The number of nitriles is 2. The average molecular weight is 232 g/mol. The third-order valence-corrected chi connectivity index (χ3v) is 2.87. The molecule has 0 spiro atoms. The van der Waals surface area contributed by atoms with Gasteiger partial charge in [0.25, 0.3) is 0 Å². The van der Waals surface area contributed by atoms with Crippen molar-refractivity contribution in [2.24, 2.45) is 0 Å². The minimum atomic E-state index is 0.692. The minimum absolute atomic E-state index is 0.692. The van der Waals surface area contributed by atoms with Crippen LogP contribution < -0.4 is 0 Å². The van der Waals surface area contributed by atoms with Gasteiger partial charge in [-0.25, -0.2) is 0 Å². The summed E-state index contributed by atoms with van der Waals surface area (Å²) in [6, 6.07) is 19.5. The largest absolute Gasteiger partial charge is 0.192 e. The quantitative estimate of drug-likeness (QED) is 0.815. The van der Waals surface area contributed by atoms with E-state index in [-0.39, 0.29) is 0 Å². The third kappa shape index (κ3) is 2.97. The summed E-state index contributed by atoms with van der Waals surface area (Å²) >= 11 is 0. The second-order valence-corrected chi connectivity index (χ2v) is 4.12. The molecule has 0 aliphatic heterocycles. The molecule has 0 saturated heterocycles. The van der Waals surface area contributed by atoms with Gasteiger partial charge >= 0.3 is 0 Å². The van der Waals surface area contributed by atoms with Gasteiger partial charge in [0.2, 0.25) is 0 Å². The molecule has 0 heterocycles. The van der Waals surface area contributed by atoms with E-state index in [4.69, 9.17) is 10.5 Å². The molecule has 2 heteroatoms. The number of benzene rings is 2. The minimum Gasteiger partial charge on any atom is -0.192 e. The first-order valence-electron chi connectivity index (χ1n) is 5.80. The van der Waals surface area contributed by atoms with Crippen molar-refractivity contribution in [3.05, 3.63) is 70.8 Å². The molecule has 2 rings (SSSR count). The van der Waals surface area contributed by atoms with Crippen LogP contribution in [-0.4, -0.2) is 0 Å². The summed E-state index contributed by atoms with van der Waals surface area (Å²) in [5.74, 6) is 0. The molecule has 18 heavy (non-hydrogen) atoms. The monoisotopic (exact) mass is 232 g/mol. The zero-order valence-electron chi connectivity index (χ0n) is 9.93. The van der Waals surface area contributed by atoms with E-state index in [9.17, 15) is 0 Å². The zero-order chi connectivity index (χ0) is 12.8. The maximum atomic E-state index is 8.71. The summed E-state index contributed by atoms with van der Waals surface area (Å²) in [6.07, 6.45) is 1.88. The highest BCUT2D eigenvalue weighted by Gasteiger charge is 1.97. The van der Waals surface area contributed by atoms with Crippen LogP contribution in [0.25, 0.3) is 0 Å². The molecule has 0 aliphatic rings. The Hall–Kier alpha value is -2.58. The van der Waals surface area contributed by atoms with Gasteiger partial charge in [0.1, 0.15) is 0 Å². The standard InChI is InChI=1S/C16H12N2/c17-11-15-7-3-13(4-8-15)1-2-14-5-9-16(12-18)10-6-14/h3-10H,1-2H2. The van der Waals surface area contributed by atoms with Crippen molar-refractivity contribution in [2.75, 3.05) is 0 Å². The molecule has 2 aromatic carbocycles. The number of hydrogen-bond donors (Lipinski definition) is 0. The molecule has 0 bridgehead atoms. The first kappa shape index (κ1) is 11.9. The van der Waals surface area contributed by atoms with Crippen LogP contribution in [0.3, 0.4) is 0 Å². The summed E-state index contributed by atoms with van der Waals surface area (Å²) in [5.41, 5.74) is 3.82. The lowest BCUT2D eigenvalue weighted by molar-refractivity contribution is 0.959. The van der Waals surface area contributed by atoms with Crippen LogP contribution in [0.5, 0.6) is 0 Å². The predicted molar refractivity (Wildman–Crippen MR) is 69.7 cm³/mol. The Kier molecular flexibility index (Phi) is 3.74. The Balaban J connectivity index is 1.98. The van der Waals surface area contributed by atoms with Gasteiger partial charge in [-0.15, -0.1) is 0 Å². The first-order chi connectivity index (χ1) is 8.81. The average Bonchev–Trinajstić information content (AvgIpc) is 2.46. The topological polar surface area (TPSA) is 47.6 Å². The Morgan fingerprint density at radius 1 is 0.611 bits per heavy atom. The lowest BCUT2D eigenvalue weighted by Gasteiger charge is -2.02. The molecule has 0 saturated carbocycles. The molecule has 86 valence electrons. The SMILES string of the molecule is N#Cc1ccc(CCc2ccc(C#N)cc2)cc1. The van der Waals surface area contributed by atoms with Gasteiger partial charge in [0.15, 0.2) is 0 Å². The van der Waals surface area contributed by atoms with Crippen LogP contribution in [0.2, 0.25) is 0 Å². The molecule has 0 amide bonds. The fourth-order valence-corrected chi connectivity index (χ4v) is 1.78. The summed E-state index contributed by atoms with van der Waals surface area (Å²) in [7, 11) is 0. The molecule has 0 aromatic heterocycles. The Labute approximate surface area is 107 Å². The van der Waals surface area contributed by atoms with E-state index < -0.39 is 0 Å². The van der Waals surface area contributed by atoms with Crippen LogP contribution in [0.4, 0.5) is 0 Å². The maximum Gasteiger partial charge on any atom is 0.0991 e. The molecule has 0 N–H and O–H groups in total. The van der Waals surface area contributed by atoms with E-state index in [0.29, 0.717) is 11.1 Å². The van der Waals surface area contributed by atoms with Crippen molar-refractivity contribution in [1.29, 1.82) is 10.5 Å². The highest BCUT2D eigenvalue weighted by Crippen LogP contribution is 2.09. The third-order valence-electron chi connectivity index (χ3n) is 2.87. The number of nitrogens with zero attached hydrogens (tertiary/aromatic N) is 2. The Bertz CT molecular complexity index is 538.